The van der Waals surface area contributed by atoms with Crippen LogP contribution in [-0.4, -0.2) is 53.1 Å². The number of ether oxygens (including phenoxy) is 1. The Morgan fingerprint density at radius 2 is 1.96 bits per heavy atom. The molecule has 0 aromatic carbocycles. The van der Waals surface area contributed by atoms with Crippen LogP contribution < -0.4 is 21.3 Å². The fraction of sp³-hybridized carbons (Fsp3) is 0.562. The van der Waals surface area contributed by atoms with Crippen LogP contribution in [0.15, 0.2) is 18.5 Å². The van der Waals surface area contributed by atoms with Crippen molar-refractivity contribution in [2.45, 2.75) is 44.9 Å². The zero-order chi connectivity index (χ0) is 18.6. The number of carbonyl (C=O) groups is 2. The second-order valence-corrected chi connectivity index (χ2v) is 7.06. The fourth-order valence-corrected chi connectivity index (χ4v) is 2.84. The first-order valence-corrected chi connectivity index (χ1v) is 8.07. The number of nitrogens with one attached hydrogen (secondary N) is 2. The van der Waals surface area contributed by atoms with Gasteiger partial charge in [-0.05, 0) is 33.3 Å². The van der Waals surface area contributed by atoms with Gasteiger partial charge in [-0.1, -0.05) is 0 Å². The highest BCUT2D eigenvalue weighted by molar-refractivity contribution is 5.70. The number of nitrogen functional groups attached to an aromatic ring is 1. The Morgan fingerprint density at radius 1 is 1.32 bits per heavy atom. The van der Waals surface area contributed by atoms with Gasteiger partial charge < -0.3 is 31.1 Å². The van der Waals surface area contributed by atoms with Crippen molar-refractivity contribution in [1.29, 1.82) is 0 Å². The lowest BCUT2D eigenvalue weighted by molar-refractivity contribution is 0.0497. The van der Waals surface area contributed by atoms with E-state index >= 15 is 0 Å². The predicted octanol–water partition coefficient (Wildman–Crippen LogP) is 1.40. The summed E-state index contributed by atoms with van der Waals surface area (Å²) in [7, 11) is 0. The Hall–Kier alpha value is -2.71. The SMILES string of the molecule is CC(C)(C)OC(=O)NC1CC(NC(=O)O)CN(c2ccncc2N)C1. The third kappa shape index (κ3) is 5.70. The largest absolute Gasteiger partial charge is 0.465 e. The molecule has 1 aliphatic rings. The molecule has 2 atom stereocenters. The molecule has 1 fully saturated rings. The molecule has 0 radical (unpaired) electrons. The molecule has 5 N–H and O–H groups in total. The zero-order valence-electron chi connectivity index (χ0n) is 14.7. The summed E-state index contributed by atoms with van der Waals surface area (Å²) in [4.78, 5) is 29.0. The molecule has 0 spiro atoms. The van der Waals surface area contributed by atoms with Crippen LogP contribution in [0.1, 0.15) is 27.2 Å². The number of carbonyl (C=O) groups excluding carboxylic acids is 1. The van der Waals surface area contributed by atoms with Crippen LogP contribution in [0.3, 0.4) is 0 Å². The van der Waals surface area contributed by atoms with E-state index in [1.54, 1.807) is 39.2 Å². The molecule has 138 valence electrons. The zero-order valence-corrected chi connectivity index (χ0v) is 14.7. The Labute approximate surface area is 146 Å². The molecule has 1 aromatic rings. The van der Waals surface area contributed by atoms with E-state index in [-0.39, 0.29) is 12.1 Å². The Morgan fingerprint density at radius 3 is 2.52 bits per heavy atom. The van der Waals surface area contributed by atoms with Gasteiger partial charge in [0, 0.05) is 19.3 Å². The molecule has 25 heavy (non-hydrogen) atoms. The van der Waals surface area contributed by atoms with E-state index in [0.717, 1.165) is 5.69 Å². The number of nitrogens with zero attached hydrogens (tertiary/aromatic N) is 2. The molecule has 1 aromatic heterocycles. The van der Waals surface area contributed by atoms with Crippen LogP contribution in [-0.2, 0) is 4.74 Å². The molecular formula is C16H25N5O4. The van der Waals surface area contributed by atoms with Crippen molar-refractivity contribution in [3.8, 4) is 0 Å². The van der Waals surface area contributed by atoms with Crippen LogP contribution in [0.4, 0.5) is 21.0 Å². The number of aromatic nitrogens is 1. The molecule has 2 amide bonds. The molecule has 0 saturated carbocycles. The van der Waals surface area contributed by atoms with Gasteiger partial charge in [0.1, 0.15) is 5.60 Å². The number of pyridine rings is 1. The van der Waals surface area contributed by atoms with Crippen molar-refractivity contribution in [1.82, 2.24) is 15.6 Å². The number of carboxylic acid groups (broad SMARTS) is 1. The monoisotopic (exact) mass is 351 g/mol. The quantitative estimate of drug-likeness (QED) is 0.647. The first-order valence-electron chi connectivity index (χ1n) is 8.07. The molecule has 0 aliphatic carbocycles. The Balaban J connectivity index is 2.12. The van der Waals surface area contributed by atoms with Crippen LogP contribution in [0.5, 0.6) is 0 Å². The van der Waals surface area contributed by atoms with Crippen molar-refractivity contribution in [3.63, 3.8) is 0 Å². The Kier molecular flexibility index (Phi) is 5.55. The maximum atomic E-state index is 12.0. The van der Waals surface area contributed by atoms with Crippen LogP contribution in [0.2, 0.25) is 0 Å². The lowest BCUT2D eigenvalue weighted by Crippen LogP contribution is -2.57. The summed E-state index contributed by atoms with van der Waals surface area (Å²) in [6.45, 7) is 6.29. The van der Waals surface area contributed by atoms with E-state index < -0.39 is 17.8 Å². The number of hydrogen-bond donors (Lipinski definition) is 4. The number of alkyl carbamates (subject to hydrolysis) is 1. The third-order valence-corrected chi connectivity index (χ3v) is 3.67. The van der Waals surface area contributed by atoms with Crippen LogP contribution in [0, 0.1) is 0 Å². The standard InChI is InChI=1S/C16H25N5O4/c1-16(2,3)25-15(24)20-11-6-10(19-14(22)23)8-21(9-11)13-4-5-18-7-12(13)17/h4-5,7,10-11,19H,6,8-9,17H2,1-3H3,(H,20,24)(H,22,23). The van der Waals surface area contributed by atoms with Crippen molar-refractivity contribution in [2.24, 2.45) is 0 Å². The molecule has 2 unspecified atom stereocenters. The molecule has 2 rings (SSSR count). The number of piperidine rings is 1. The maximum absolute atomic E-state index is 12.0. The van der Waals surface area contributed by atoms with Gasteiger partial charge >= 0.3 is 12.2 Å². The Bertz CT molecular complexity index is 631. The molecular weight excluding hydrogens is 326 g/mol. The first kappa shape index (κ1) is 18.6. The lowest BCUT2D eigenvalue weighted by Gasteiger charge is -2.39. The summed E-state index contributed by atoms with van der Waals surface area (Å²) < 4.78 is 5.28. The van der Waals surface area contributed by atoms with Crippen LogP contribution in [0.25, 0.3) is 0 Å². The lowest BCUT2D eigenvalue weighted by atomic mass is 10.00. The minimum Gasteiger partial charge on any atom is -0.465 e. The summed E-state index contributed by atoms with van der Waals surface area (Å²) in [5, 5.41) is 14.3. The number of rotatable bonds is 3. The summed E-state index contributed by atoms with van der Waals surface area (Å²) in [5.41, 5.74) is 6.62. The highest BCUT2D eigenvalue weighted by Gasteiger charge is 2.31. The van der Waals surface area contributed by atoms with Gasteiger partial charge in [-0.2, -0.15) is 0 Å². The molecule has 1 aliphatic heterocycles. The van der Waals surface area contributed by atoms with E-state index in [2.05, 4.69) is 15.6 Å². The summed E-state index contributed by atoms with van der Waals surface area (Å²) >= 11 is 0. The first-order chi connectivity index (χ1) is 11.6. The van der Waals surface area contributed by atoms with E-state index in [1.165, 1.54) is 0 Å². The smallest absolute Gasteiger partial charge is 0.407 e. The minimum atomic E-state index is -1.11. The van der Waals surface area contributed by atoms with Gasteiger partial charge in [0.05, 0.1) is 29.7 Å². The van der Waals surface area contributed by atoms with Gasteiger partial charge in [-0.15, -0.1) is 0 Å². The normalized spacial score (nSPS) is 20.7. The summed E-state index contributed by atoms with van der Waals surface area (Å²) in [6, 6.07) is 1.13. The molecule has 1 saturated heterocycles. The number of anilines is 2. The van der Waals surface area contributed by atoms with E-state index in [9.17, 15) is 9.59 Å². The van der Waals surface area contributed by atoms with Gasteiger partial charge in [0.25, 0.3) is 0 Å². The highest BCUT2D eigenvalue weighted by atomic mass is 16.6. The average molecular weight is 351 g/mol. The topological polar surface area (TPSA) is 130 Å². The molecule has 9 heteroatoms. The third-order valence-electron chi connectivity index (χ3n) is 3.67. The van der Waals surface area contributed by atoms with Crippen LogP contribution >= 0.6 is 0 Å². The number of amides is 2. The van der Waals surface area contributed by atoms with E-state index in [4.69, 9.17) is 15.6 Å². The van der Waals surface area contributed by atoms with E-state index in [1.807, 2.05) is 4.90 Å². The van der Waals surface area contributed by atoms with Crippen molar-refractivity contribution in [3.05, 3.63) is 18.5 Å². The highest BCUT2D eigenvalue weighted by Crippen LogP contribution is 2.25. The second-order valence-electron chi connectivity index (χ2n) is 7.06. The predicted molar refractivity (Wildman–Crippen MR) is 93.6 cm³/mol. The molecule has 9 nitrogen and oxygen atoms in total. The van der Waals surface area contributed by atoms with Gasteiger partial charge in [0.15, 0.2) is 0 Å². The van der Waals surface area contributed by atoms with Gasteiger partial charge in [0.2, 0.25) is 0 Å². The fourth-order valence-electron chi connectivity index (χ4n) is 2.84. The number of nitrogens with two attached hydrogens (primary N) is 1. The second kappa shape index (κ2) is 7.45. The summed E-state index contributed by atoms with van der Waals surface area (Å²) in [5.74, 6) is 0. The minimum absolute atomic E-state index is 0.284. The van der Waals surface area contributed by atoms with Gasteiger partial charge in [-0.25, -0.2) is 9.59 Å². The molecule has 2 heterocycles. The van der Waals surface area contributed by atoms with Crippen molar-refractivity contribution in [2.75, 3.05) is 23.7 Å². The average Bonchev–Trinajstić information content (AvgIpc) is 2.44. The maximum Gasteiger partial charge on any atom is 0.407 e. The number of hydrogen-bond acceptors (Lipinski definition) is 6. The van der Waals surface area contributed by atoms with Gasteiger partial charge in [-0.3, -0.25) is 4.98 Å². The summed E-state index contributed by atoms with van der Waals surface area (Å²) in [6.07, 6.45) is 1.99. The van der Waals surface area contributed by atoms with E-state index in [0.29, 0.717) is 25.2 Å². The van der Waals surface area contributed by atoms with Crippen molar-refractivity contribution < 1.29 is 19.4 Å². The van der Waals surface area contributed by atoms with Crippen molar-refractivity contribution >= 4 is 23.6 Å². The molecule has 0 bridgehead atoms.